The zero-order chi connectivity index (χ0) is 13.8. The van der Waals surface area contributed by atoms with Crippen LogP contribution in [0.25, 0.3) is 0 Å². The van der Waals surface area contributed by atoms with Crippen molar-refractivity contribution in [2.75, 3.05) is 18.0 Å². The first kappa shape index (κ1) is 13.7. The van der Waals surface area contributed by atoms with Crippen molar-refractivity contribution >= 4 is 11.6 Å². The molecule has 104 valence electrons. The van der Waals surface area contributed by atoms with Gasteiger partial charge in [-0.15, -0.1) is 0 Å². The van der Waals surface area contributed by atoms with Crippen LogP contribution in [0.3, 0.4) is 0 Å². The maximum Gasteiger partial charge on any atom is 0.387 e. The Hall–Kier alpha value is -1.72. The second-order valence-corrected chi connectivity index (χ2v) is 4.60. The number of ether oxygens (including phenoxy) is 1. The van der Waals surface area contributed by atoms with Gasteiger partial charge in [0.15, 0.2) is 0 Å². The number of nitrogens with zero attached hydrogens (tertiary/aromatic N) is 2. The van der Waals surface area contributed by atoms with Crippen LogP contribution in [0.1, 0.15) is 19.8 Å². The first-order chi connectivity index (χ1) is 9.06. The van der Waals surface area contributed by atoms with E-state index in [2.05, 4.69) is 9.72 Å². The van der Waals surface area contributed by atoms with Gasteiger partial charge in [0, 0.05) is 19.0 Å². The Kier molecular flexibility index (Phi) is 4.29. The lowest BCUT2D eigenvalue weighted by atomic mass is 9.93. The summed E-state index contributed by atoms with van der Waals surface area (Å²) in [5.41, 5.74) is 0. The highest BCUT2D eigenvalue weighted by molar-refractivity contribution is 5.78. The Labute approximate surface area is 110 Å². The topological polar surface area (TPSA) is 42.4 Å². The molecule has 1 aromatic heterocycles. The van der Waals surface area contributed by atoms with Crippen LogP contribution in [0.5, 0.6) is 5.75 Å². The van der Waals surface area contributed by atoms with E-state index in [1.54, 1.807) is 13.0 Å². The van der Waals surface area contributed by atoms with Gasteiger partial charge in [-0.1, -0.05) is 0 Å². The number of hydrogen-bond acceptors (Lipinski definition) is 4. The molecule has 0 amide bonds. The molecule has 0 spiro atoms. The monoisotopic (exact) mass is 270 g/mol. The Morgan fingerprint density at radius 2 is 2.11 bits per heavy atom. The van der Waals surface area contributed by atoms with Gasteiger partial charge in [-0.05, 0) is 31.9 Å². The van der Waals surface area contributed by atoms with Gasteiger partial charge in [0.25, 0.3) is 0 Å². The molecule has 2 rings (SSSR count). The van der Waals surface area contributed by atoms with Crippen molar-refractivity contribution in [1.29, 1.82) is 0 Å². The van der Waals surface area contributed by atoms with Crippen molar-refractivity contribution in [3.63, 3.8) is 0 Å². The second kappa shape index (κ2) is 5.95. The molecule has 0 bridgehead atoms. The number of piperidine rings is 1. The standard InChI is InChI=1S/C13H16F2N2O2/c1-9(18)10-4-6-17(7-5-10)12-3-2-11(8-16-12)19-13(14)15/h2-3,8,10,13H,4-7H2,1H3. The maximum absolute atomic E-state index is 12.0. The molecule has 1 aliphatic rings. The lowest BCUT2D eigenvalue weighted by molar-refractivity contribution is -0.121. The predicted octanol–water partition coefficient (Wildman–Crippen LogP) is 2.49. The molecule has 0 radical (unpaired) electrons. The number of carbonyl (C=O) groups excluding carboxylic acids is 1. The van der Waals surface area contributed by atoms with E-state index < -0.39 is 6.61 Å². The number of ketones is 1. The number of Topliss-reactive ketones (excluding diaryl/α,β-unsaturated/α-hetero) is 1. The van der Waals surface area contributed by atoms with Crippen LogP contribution in [0.4, 0.5) is 14.6 Å². The third kappa shape index (κ3) is 3.62. The summed E-state index contributed by atoms with van der Waals surface area (Å²) in [6, 6.07) is 3.14. The van der Waals surface area contributed by atoms with Gasteiger partial charge in [0.1, 0.15) is 17.4 Å². The van der Waals surface area contributed by atoms with Crippen LogP contribution in [0.15, 0.2) is 18.3 Å². The Morgan fingerprint density at radius 1 is 1.42 bits per heavy atom. The summed E-state index contributed by atoms with van der Waals surface area (Å²) in [7, 11) is 0. The van der Waals surface area contributed by atoms with Crippen LogP contribution in [-0.4, -0.2) is 30.5 Å². The number of anilines is 1. The van der Waals surface area contributed by atoms with E-state index in [9.17, 15) is 13.6 Å². The number of rotatable bonds is 4. The fraction of sp³-hybridized carbons (Fsp3) is 0.538. The predicted molar refractivity (Wildman–Crippen MR) is 66.5 cm³/mol. The third-order valence-electron chi connectivity index (χ3n) is 3.34. The van der Waals surface area contributed by atoms with E-state index in [1.165, 1.54) is 12.3 Å². The summed E-state index contributed by atoms with van der Waals surface area (Å²) in [5.74, 6) is 1.15. The highest BCUT2D eigenvalue weighted by Gasteiger charge is 2.22. The minimum Gasteiger partial charge on any atom is -0.433 e. The molecule has 1 fully saturated rings. The van der Waals surface area contributed by atoms with E-state index in [1.807, 2.05) is 4.90 Å². The van der Waals surface area contributed by atoms with Gasteiger partial charge in [-0.3, -0.25) is 4.79 Å². The number of halogens is 2. The average molecular weight is 270 g/mol. The minimum absolute atomic E-state index is 0.0531. The van der Waals surface area contributed by atoms with E-state index in [4.69, 9.17) is 0 Å². The first-order valence-corrected chi connectivity index (χ1v) is 6.22. The molecule has 2 heterocycles. The van der Waals surface area contributed by atoms with Crippen LogP contribution in [-0.2, 0) is 4.79 Å². The van der Waals surface area contributed by atoms with Crippen molar-refractivity contribution in [2.45, 2.75) is 26.4 Å². The van der Waals surface area contributed by atoms with Gasteiger partial charge in [0.2, 0.25) is 0 Å². The summed E-state index contributed by atoms with van der Waals surface area (Å²) < 4.78 is 28.3. The van der Waals surface area contributed by atoms with Crippen molar-refractivity contribution in [1.82, 2.24) is 4.98 Å². The number of carbonyl (C=O) groups is 1. The van der Waals surface area contributed by atoms with Gasteiger partial charge < -0.3 is 9.64 Å². The minimum atomic E-state index is -2.83. The second-order valence-electron chi connectivity index (χ2n) is 4.60. The fourth-order valence-electron chi connectivity index (χ4n) is 2.25. The average Bonchev–Trinajstić information content (AvgIpc) is 2.39. The summed E-state index contributed by atoms with van der Waals surface area (Å²) in [5, 5.41) is 0. The lowest BCUT2D eigenvalue weighted by Gasteiger charge is -2.31. The van der Waals surface area contributed by atoms with E-state index in [0.717, 1.165) is 31.7 Å². The quantitative estimate of drug-likeness (QED) is 0.843. The highest BCUT2D eigenvalue weighted by Crippen LogP contribution is 2.23. The number of alkyl halides is 2. The first-order valence-electron chi connectivity index (χ1n) is 6.22. The molecule has 0 N–H and O–H groups in total. The number of pyridine rings is 1. The lowest BCUT2D eigenvalue weighted by Crippen LogP contribution is -2.36. The highest BCUT2D eigenvalue weighted by atomic mass is 19.3. The Balaban J connectivity index is 1.94. The summed E-state index contributed by atoms with van der Waals surface area (Å²) in [6.45, 7) is 0.298. The molecule has 0 unspecified atom stereocenters. The molecule has 1 aromatic rings. The maximum atomic E-state index is 12.0. The SMILES string of the molecule is CC(=O)C1CCN(c2ccc(OC(F)F)cn2)CC1. The van der Waals surface area contributed by atoms with Crippen LogP contribution >= 0.6 is 0 Å². The van der Waals surface area contributed by atoms with Gasteiger partial charge in [-0.2, -0.15) is 8.78 Å². The smallest absolute Gasteiger partial charge is 0.387 e. The number of aromatic nitrogens is 1. The molecule has 19 heavy (non-hydrogen) atoms. The summed E-state index contributed by atoms with van der Waals surface area (Å²) >= 11 is 0. The van der Waals surface area contributed by atoms with Crippen molar-refractivity contribution in [2.24, 2.45) is 5.92 Å². The zero-order valence-electron chi connectivity index (χ0n) is 10.7. The van der Waals surface area contributed by atoms with Crippen LogP contribution < -0.4 is 9.64 Å². The van der Waals surface area contributed by atoms with Crippen molar-refractivity contribution in [3.05, 3.63) is 18.3 Å². The number of hydrogen-bond donors (Lipinski definition) is 0. The molecular formula is C13H16F2N2O2. The molecule has 0 saturated carbocycles. The van der Waals surface area contributed by atoms with Gasteiger partial charge in [0.05, 0.1) is 6.20 Å². The molecular weight excluding hydrogens is 254 g/mol. The molecule has 0 aromatic carbocycles. The molecule has 0 atom stereocenters. The normalized spacial score (nSPS) is 16.7. The third-order valence-corrected chi connectivity index (χ3v) is 3.34. The molecule has 0 aliphatic carbocycles. The van der Waals surface area contributed by atoms with E-state index >= 15 is 0 Å². The zero-order valence-corrected chi connectivity index (χ0v) is 10.7. The van der Waals surface area contributed by atoms with E-state index in [0.29, 0.717) is 0 Å². The summed E-state index contributed by atoms with van der Waals surface area (Å²) in [6.07, 6.45) is 2.91. The van der Waals surface area contributed by atoms with Crippen molar-refractivity contribution < 1.29 is 18.3 Å². The Morgan fingerprint density at radius 3 is 2.58 bits per heavy atom. The molecule has 6 heteroatoms. The van der Waals surface area contributed by atoms with Crippen molar-refractivity contribution in [3.8, 4) is 5.75 Å². The van der Waals surface area contributed by atoms with Gasteiger partial charge >= 0.3 is 6.61 Å². The van der Waals surface area contributed by atoms with Crippen LogP contribution in [0, 0.1) is 5.92 Å². The summed E-state index contributed by atoms with van der Waals surface area (Å²) in [4.78, 5) is 17.4. The molecule has 1 aliphatic heterocycles. The largest absolute Gasteiger partial charge is 0.433 e. The fourth-order valence-corrected chi connectivity index (χ4v) is 2.25. The van der Waals surface area contributed by atoms with Crippen LogP contribution in [0.2, 0.25) is 0 Å². The van der Waals surface area contributed by atoms with Gasteiger partial charge in [-0.25, -0.2) is 4.98 Å². The van der Waals surface area contributed by atoms with E-state index in [-0.39, 0.29) is 17.5 Å². The molecule has 1 saturated heterocycles. The molecule has 4 nitrogen and oxygen atoms in total. The Bertz CT molecular complexity index is 429.